The molecule has 5 nitrogen and oxygen atoms in total. The highest BCUT2D eigenvalue weighted by Crippen LogP contribution is 2.33. The van der Waals surface area contributed by atoms with E-state index in [9.17, 15) is 9.59 Å². The molecular formula is C21H23N3O2S. The maximum Gasteiger partial charge on any atom is 0.263 e. The quantitative estimate of drug-likeness (QED) is 0.741. The summed E-state index contributed by atoms with van der Waals surface area (Å²) in [7, 11) is 0. The number of amides is 1. The van der Waals surface area contributed by atoms with Gasteiger partial charge in [0.2, 0.25) is 5.91 Å². The first-order valence-corrected chi connectivity index (χ1v) is 10.2. The fourth-order valence-electron chi connectivity index (χ4n) is 3.75. The summed E-state index contributed by atoms with van der Waals surface area (Å²) in [4.78, 5) is 32.5. The number of hydrogen-bond donors (Lipinski definition) is 1. The number of fused-ring (bicyclic) bond motifs is 3. The van der Waals surface area contributed by atoms with Crippen molar-refractivity contribution in [3.8, 4) is 0 Å². The van der Waals surface area contributed by atoms with E-state index >= 15 is 0 Å². The van der Waals surface area contributed by atoms with Crippen LogP contribution in [-0.2, 0) is 17.6 Å². The van der Waals surface area contributed by atoms with E-state index in [2.05, 4.69) is 10.3 Å². The van der Waals surface area contributed by atoms with Crippen LogP contribution in [0.2, 0.25) is 0 Å². The molecule has 1 aliphatic rings. The van der Waals surface area contributed by atoms with E-state index in [0.717, 1.165) is 46.5 Å². The van der Waals surface area contributed by atoms with Gasteiger partial charge in [0.05, 0.1) is 11.7 Å². The van der Waals surface area contributed by atoms with Gasteiger partial charge in [-0.3, -0.25) is 14.2 Å². The molecule has 0 bridgehead atoms. The highest BCUT2D eigenvalue weighted by Gasteiger charge is 2.23. The van der Waals surface area contributed by atoms with Crippen LogP contribution in [0.3, 0.4) is 0 Å². The molecule has 0 unspecified atom stereocenters. The highest BCUT2D eigenvalue weighted by atomic mass is 32.1. The Morgan fingerprint density at radius 3 is 2.81 bits per heavy atom. The third-order valence-corrected chi connectivity index (χ3v) is 6.54. The van der Waals surface area contributed by atoms with E-state index in [1.807, 2.05) is 32.0 Å². The van der Waals surface area contributed by atoms with Gasteiger partial charge in [0.25, 0.3) is 5.56 Å². The SMILES string of the molecule is Cc1ccc(NC(=O)[C@@H](C)n2cnc3sc4c(c3c2=O)CCCC4)c(C)c1. The minimum Gasteiger partial charge on any atom is -0.324 e. The summed E-state index contributed by atoms with van der Waals surface area (Å²) in [5.41, 5.74) is 3.96. The summed E-state index contributed by atoms with van der Waals surface area (Å²) < 4.78 is 1.46. The summed E-state index contributed by atoms with van der Waals surface area (Å²) in [5.74, 6) is -0.214. The zero-order valence-electron chi connectivity index (χ0n) is 15.8. The molecule has 0 fully saturated rings. The van der Waals surface area contributed by atoms with Gasteiger partial charge in [-0.15, -0.1) is 11.3 Å². The van der Waals surface area contributed by atoms with Crippen LogP contribution in [-0.4, -0.2) is 15.5 Å². The van der Waals surface area contributed by atoms with Crippen molar-refractivity contribution in [3.05, 3.63) is 56.4 Å². The molecule has 0 aliphatic heterocycles. The number of aromatic nitrogens is 2. The smallest absolute Gasteiger partial charge is 0.263 e. The van der Waals surface area contributed by atoms with Gasteiger partial charge in [-0.2, -0.15) is 0 Å². The number of nitrogens with zero attached hydrogens (tertiary/aromatic N) is 2. The fraction of sp³-hybridized carbons (Fsp3) is 0.381. The van der Waals surface area contributed by atoms with Gasteiger partial charge >= 0.3 is 0 Å². The van der Waals surface area contributed by atoms with Crippen molar-refractivity contribution in [2.75, 3.05) is 5.32 Å². The third kappa shape index (κ3) is 3.18. The van der Waals surface area contributed by atoms with Crippen LogP contribution in [0.5, 0.6) is 0 Å². The second-order valence-electron chi connectivity index (χ2n) is 7.33. The Balaban J connectivity index is 1.68. The number of anilines is 1. The molecule has 2 heterocycles. The second-order valence-corrected chi connectivity index (χ2v) is 8.42. The van der Waals surface area contributed by atoms with Crippen molar-refractivity contribution in [1.82, 2.24) is 9.55 Å². The standard InChI is InChI=1S/C21H23N3O2S/c1-12-8-9-16(13(2)10-12)23-19(25)14(3)24-11-22-20-18(21(24)26)15-6-4-5-7-17(15)27-20/h8-11,14H,4-7H2,1-3H3,(H,23,25)/t14-/m1/s1. The molecule has 2 aromatic heterocycles. The first-order chi connectivity index (χ1) is 13.0. The molecule has 1 aromatic carbocycles. The van der Waals surface area contributed by atoms with E-state index in [1.54, 1.807) is 18.3 Å². The van der Waals surface area contributed by atoms with E-state index in [1.165, 1.54) is 22.2 Å². The monoisotopic (exact) mass is 381 g/mol. The van der Waals surface area contributed by atoms with E-state index in [0.29, 0.717) is 5.39 Å². The molecule has 6 heteroatoms. The minimum atomic E-state index is -0.630. The van der Waals surface area contributed by atoms with Gasteiger partial charge in [0.15, 0.2) is 0 Å². The lowest BCUT2D eigenvalue weighted by Crippen LogP contribution is -2.32. The average molecular weight is 382 g/mol. The average Bonchev–Trinajstić information content (AvgIpc) is 3.03. The zero-order valence-corrected chi connectivity index (χ0v) is 16.7. The molecule has 1 amide bonds. The minimum absolute atomic E-state index is 0.109. The Morgan fingerprint density at radius 2 is 2.04 bits per heavy atom. The second kappa shape index (κ2) is 6.93. The molecule has 3 aromatic rings. The van der Waals surface area contributed by atoms with Crippen molar-refractivity contribution in [3.63, 3.8) is 0 Å². The predicted octanol–water partition coefficient (Wildman–Crippen LogP) is 4.15. The van der Waals surface area contributed by atoms with Crippen LogP contribution >= 0.6 is 11.3 Å². The summed E-state index contributed by atoms with van der Waals surface area (Å²) in [6, 6.07) is 5.26. The maximum absolute atomic E-state index is 13.1. The number of aryl methyl sites for hydroxylation is 4. The molecule has 140 valence electrons. The predicted molar refractivity (Wildman–Crippen MR) is 110 cm³/mol. The summed E-state index contributed by atoms with van der Waals surface area (Å²) >= 11 is 1.62. The zero-order chi connectivity index (χ0) is 19.1. The number of rotatable bonds is 3. The van der Waals surface area contributed by atoms with Crippen LogP contribution in [0.4, 0.5) is 5.69 Å². The normalized spacial score (nSPS) is 14.8. The largest absolute Gasteiger partial charge is 0.324 e. The summed E-state index contributed by atoms with van der Waals surface area (Å²) in [6.07, 6.45) is 5.75. The van der Waals surface area contributed by atoms with E-state index in [4.69, 9.17) is 0 Å². The van der Waals surface area contributed by atoms with Crippen molar-refractivity contribution < 1.29 is 4.79 Å². The van der Waals surface area contributed by atoms with Crippen LogP contribution in [0.1, 0.15) is 47.4 Å². The van der Waals surface area contributed by atoms with Gasteiger partial charge in [-0.05, 0) is 63.6 Å². The molecule has 0 radical (unpaired) electrons. The topological polar surface area (TPSA) is 64.0 Å². The lowest BCUT2D eigenvalue weighted by Gasteiger charge is -2.16. The van der Waals surface area contributed by atoms with Gasteiger partial charge in [-0.25, -0.2) is 4.98 Å². The van der Waals surface area contributed by atoms with Crippen LogP contribution < -0.4 is 10.9 Å². The Hall–Kier alpha value is -2.47. The first-order valence-electron chi connectivity index (χ1n) is 9.35. The fourth-order valence-corrected chi connectivity index (χ4v) is 4.97. The maximum atomic E-state index is 13.1. The first kappa shape index (κ1) is 17.9. The summed E-state index contributed by atoms with van der Waals surface area (Å²) in [6.45, 7) is 5.72. The Bertz CT molecular complexity index is 1100. The van der Waals surface area contributed by atoms with Crippen molar-refractivity contribution in [2.24, 2.45) is 0 Å². The molecule has 1 aliphatic carbocycles. The molecule has 0 spiro atoms. The van der Waals surface area contributed by atoms with E-state index in [-0.39, 0.29) is 11.5 Å². The van der Waals surface area contributed by atoms with Crippen LogP contribution in [0, 0.1) is 13.8 Å². The number of carbonyl (C=O) groups is 1. The third-order valence-electron chi connectivity index (χ3n) is 5.34. The Kier molecular flexibility index (Phi) is 4.60. The highest BCUT2D eigenvalue weighted by molar-refractivity contribution is 7.18. The Morgan fingerprint density at radius 1 is 1.26 bits per heavy atom. The van der Waals surface area contributed by atoms with E-state index < -0.39 is 6.04 Å². The number of hydrogen-bond acceptors (Lipinski definition) is 4. The molecule has 27 heavy (non-hydrogen) atoms. The number of carbonyl (C=O) groups excluding carboxylic acids is 1. The van der Waals surface area contributed by atoms with Crippen molar-refractivity contribution in [2.45, 2.75) is 52.5 Å². The van der Waals surface area contributed by atoms with Crippen molar-refractivity contribution in [1.29, 1.82) is 0 Å². The number of thiophene rings is 1. The molecule has 4 rings (SSSR count). The molecule has 1 atom stereocenters. The van der Waals surface area contributed by atoms with Gasteiger partial charge < -0.3 is 5.32 Å². The summed E-state index contributed by atoms with van der Waals surface area (Å²) in [5, 5.41) is 3.65. The Labute approximate surface area is 162 Å². The van der Waals surface area contributed by atoms with Crippen LogP contribution in [0.25, 0.3) is 10.2 Å². The lowest BCUT2D eigenvalue weighted by atomic mass is 9.97. The van der Waals surface area contributed by atoms with Crippen LogP contribution in [0.15, 0.2) is 29.3 Å². The van der Waals surface area contributed by atoms with Gasteiger partial charge in [0, 0.05) is 10.6 Å². The van der Waals surface area contributed by atoms with Crippen molar-refractivity contribution >= 4 is 33.1 Å². The molecule has 1 N–H and O–H groups in total. The number of benzene rings is 1. The molecular weight excluding hydrogens is 358 g/mol. The van der Waals surface area contributed by atoms with Gasteiger partial charge in [-0.1, -0.05) is 17.7 Å². The molecule has 0 saturated carbocycles. The lowest BCUT2D eigenvalue weighted by molar-refractivity contribution is -0.118. The van der Waals surface area contributed by atoms with Gasteiger partial charge in [0.1, 0.15) is 10.9 Å². The number of nitrogens with one attached hydrogen (secondary N) is 1. The molecule has 0 saturated heterocycles.